The van der Waals surface area contributed by atoms with Gasteiger partial charge in [-0.2, -0.15) is 0 Å². The number of carbonyl (C=O) groups excluding carboxylic acids is 1. The third kappa shape index (κ3) is 4.89. The highest BCUT2D eigenvalue weighted by Gasteiger charge is 2.21. The SMILES string of the molecule is CCn1c(SC(C)C(=O)Nc2ccc(Cl)cc2F)nnc1-c1ccc(OC)cc1. The van der Waals surface area contributed by atoms with Gasteiger partial charge < -0.3 is 14.6 Å². The predicted octanol–water partition coefficient (Wildman–Crippen LogP) is 4.89. The first-order chi connectivity index (χ1) is 13.9. The number of nitrogens with zero attached hydrogens (tertiary/aromatic N) is 3. The molecular weight excluding hydrogens is 415 g/mol. The molecule has 0 aliphatic rings. The maximum Gasteiger partial charge on any atom is 0.237 e. The summed E-state index contributed by atoms with van der Waals surface area (Å²) >= 11 is 7.00. The van der Waals surface area contributed by atoms with Gasteiger partial charge in [0.1, 0.15) is 11.6 Å². The lowest BCUT2D eigenvalue weighted by atomic mass is 10.2. The number of methoxy groups -OCH3 is 1. The first-order valence-corrected chi connectivity index (χ1v) is 10.2. The van der Waals surface area contributed by atoms with E-state index < -0.39 is 11.1 Å². The van der Waals surface area contributed by atoms with Crippen molar-refractivity contribution >= 4 is 35.0 Å². The van der Waals surface area contributed by atoms with Crippen molar-refractivity contribution in [1.29, 1.82) is 0 Å². The van der Waals surface area contributed by atoms with Crippen LogP contribution in [0, 0.1) is 5.82 Å². The van der Waals surface area contributed by atoms with Crippen LogP contribution in [-0.2, 0) is 11.3 Å². The van der Waals surface area contributed by atoms with Gasteiger partial charge >= 0.3 is 0 Å². The lowest BCUT2D eigenvalue weighted by molar-refractivity contribution is -0.115. The molecule has 1 unspecified atom stereocenters. The third-order valence-electron chi connectivity index (χ3n) is 4.22. The molecule has 0 fully saturated rings. The average molecular weight is 435 g/mol. The molecule has 0 saturated carbocycles. The Bertz CT molecular complexity index is 1010. The summed E-state index contributed by atoms with van der Waals surface area (Å²) in [5.74, 6) is 0.536. The standard InChI is InChI=1S/C20H20ClFN4O2S/c1-4-26-18(13-5-8-15(28-3)9-6-13)24-25-20(26)29-12(2)19(27)23-17-10-7-14(21)11-16(17)22/h5-12H,4H2,1-3H3,(H,23,27). The number of ether oxygens (including phenoxy) is 1. The largest absolute Gasteiger partial charge is 0.497 e. The fourth-order valence-electron chi connectivity index (χ4n) is 2.65. The van der Waals surface area contributed by atoms with Gasteiger partial charge in [0.2, 0.25) is 5.91 Å². The highest BCUT2D eigenvalue weighted by Crippen LogP contribution is 2.28. The average Bonchev–Trinajstić information content (AvgIpc) is 3.12. The number of aromatic nitrogens is 3. The van der Waals surface area contributed by atoms with Crippen LogP contribution in [0.4, 0.5) is 10.1 Å². The molecule has 9 heteroatoms. The summed E-state index contributed by atoms with van der Waals surface area (Å²) in [5.41, 5.74) is 0.982. The molecule has 0 spiro atoms. The van der Waals surface area contributed by atoms with Gasteiger partial charge in [-0.1, -0.05) is 23.4 Å². The minimum absolute atomic E-state index is 0.0859. The van der Waals surface area contributed by atoms with Gasteiger partial charge in [0.15, 0.2) is 11.0 Å². The van der Waals surface area contributed by atoms with Gasteiger partial charge in [-0.25, -0.2) is 4.39 Å². The van der Waals surface area contributed by atoms with Crippen molar-refractivity contribution in [1.82, 2.24) is 14.8 Å². The topological polar surface area (TPSA) is 69.0 Å². The molecule has 0 aliphatic carbocycles. The van der Waals surface area contributed by atoms with Crippen molar-refractivity contribution in [3.8, 4) is 17.1 Å². The van der Waals surface area contributed by atoms with E-state index in [-0.39, 0.29) is 16.6 Å². The van der Waals surface area contributed by atoms with Gasteiger partial charge in [-0.15, -0.1) is 10.2 Å². The summed E-state index contributed by atoms with van der Waals surface area (Å²) in [4.78, 5) is 12.5. The van der Waals surface area contributed by atoms with Crippen molar-refractivity contribution in [2.75, 3.05) is 12.4 Å². The number of hydrogen-bond acceptors (Lipinski definition) is 5. The number of benzene rings is 2. The third-order valence-corrected chi connectivity index (χ3v) is 5.54. The number of rotatable bonds is 7. The van der Waals surface area contributed by atoms with Crippen molar-refractivity contribution in [2.45, 2.75) is 30.8 Å². The number of nitrogens with one attached hydrogen (secondary N) is 1. The minimum Gasteiger partial charge on any atom is -0.497 e. The van der Waals surface area contributed by atoms with E-state index in [0.29, 0.717) is 17.5 Å². The number of carbonyl (C=O) groups is 1. The van der Waals surface area contributed by atoms with Crippen molar-refractivity contribution in [2.24, 2.45) is 0 Å². The first kappa shape index (κ1) is 21.1. The van der Waals surface area contributed by atoms with Crippen molar-refractivity contribution in [3.63, 3.8) is 0 Å². The molecule has 0 bridgehead atoms. The Labute approximate surface area is 177 Å². The summed E-state index contributed by atoms with van der Waals surface area (Å²) < 4.78 is 21.0. The quantitative estimate of drug-likeness (QED) is 0.536. The zero-order valence-corrected chi connectivity index (χ0v) is 17.7. The van der Waals surface area contributed by atoms with E-state index in [9.17, 15) is 9.18 Å². The van der Waals surface area contributed by atoms with Gasteiger partial charge in [0, 0.05) is 17.1 Å². The highest BCUT2D eigenvalue weighted by atomic mass is 35.5. The van der Waals surface area contributed by atoms with Crippen LogP contribution in [0.15, 0.2) is 47.6 Å². The van der Waals surface area contributed by atoms with E-state index in [2.05, 4.69) is 15.5 Å². The number of thioether (sulfide) groups is 1. The Morgan fingerprint density at radius 3 is 2.62 bits per heavy atom. The van der Waals surface area contributed by atoms with E-state index >= 15 is 0 Å². The second kappa shape index (κ2) is 9.28. The molecule has 1 N–H and O–H groups in total. The smallest absolute Gasteiger partial charge is 0.237 e. The predicted molar refractivity (Wildman–Crippen MR) is 113 cm³/mol. The zero-order chi connectivity index (χ0) is 21.0. The lowest BCUT2D eigenvalue weighted by Crippen LogP contribution is -2.23. The fourth-order valence-corrected chi connectivity index (χ4v) is 3.72. The second-order valence-electron chi connectivity index (χ2n) is 6.15. The molecule has 1 aromatic heterocycles. The molecule has 0 saturated heterocycles. The molecule has 1 atom stereocenters. The Kier molecular flexibility index (Phi) is 6.76. The molecule has 29 heavy (non-hydrogen) atoms. The van der Waals surface area contributed by atoms with Crippen molar-refractivity contribution < 1.29 is 13.9 Å². The van der Waals surface area contributed by atoms with Gasteiger partial charge in [-0.3, -0.25) is 4.79 Å². The van der Waals surface area contributed by atoms with Crippen LogP contribution in [0.2, 0.25) is 5.02 Å². The van der Waals surface area contributed by atoms with Crippen LogP contribution in [0.1, 0.15) is 13.8 Å². The van der Waals surface area contributed by atoms with E-state index in [4.69, 9.17) is 16.3 Å². The Hall–Kier alpha value is -2.58. The molecule has 3 aromatic rings. The molecular formula is C20H20ClFN4O2S. The van der Waals surface area contributed by atoms with Crippen molar-refractivity contribution in [3.05, 3.63) is 53.3 Å². The van der Waals surface area contributed by atoms with Gasteiger partial charge in [0.25, 0.3) is 0 Å². The Morgan fingerprint density at radius 2 is 2.00 bits per heavy atom. The maximum atomic E-state index is 13.9. The first-order valence-electron chi connectivity index (χ1n) is 8.93. The van der Waals surface area contributed by atoms with Gasteiger partial charge in [0.05, 0.1) is 18.0 Å². The number of hydrogen-bond donors (Lipinski definition) is 1. The van der Waals surface area contributed by atoms with Crippen LogP contribution in [0.5, 0.6) is 5.75 Å². The van der Waals surface area contributed by atoms with Crippen LogP contribution in [0.3, 0.4) is 0 Å². The molecule has 152 valence electrons. The number of anilines is 1. The lowest BCUT2D eigenvalue weighted by Gasteiger charge is -2.13. The van der Waals surface area contributed by atoms with Crippen LogP contribution < -0.4 is 10.1 Å². The summed E-state index contributed by atoms with van der Waals surface area (Å²) in [5, 5.41) is 11.5. The van der Waals surface area contributed by atoms with E-state index in [1.165, 1.54) is 23.9 Å². The highest BCUT2D eigenvalue weighted by molar-refractivity contribution is 8.00. The normalized spacial score (nSPS) is 11.9. The molecule has 1 heterocycles. The molecule has 0 aliphatic heterocycles. The van der Waals surface area contributed by atoms with E-state index in [0.717, 1.165) is 17.4 Å². The van der Waals surface area contributed by atoms with Crippen LogP contribution in [0.25, 0.3) is 11.4 Å². The summed E-state index contributed by atoms with van der Waals surface area (Å²) in [7, 11) is 1.61. The number of amides is 1. The molecule has 2 aromatic carbocycles. The molecule has 1 amide bonds. The number of halogens is 2. The Morgan fingerprint density at radius 1 is 1.28 bits per heavy atom. The van der Waals surface area contributed by atoms with Crippen LogP contribution in [-0.4, -0.2) is 33.0 Å². The monoisotopic (exact) mass is 434 g/mol. The Balaban J connectivity index is 1.75. The minimum atomic E-state index is -0.582. The zero-order valence-electron chi connectivity index (χ0n) is 16.1. The van der Waals surface area contributed by atoms with Crippen LogP contribution >= 0.6 is 23.4 Å². The fraction of sp³-hybridized carbons (Fsp3) is 0.250. The molecule has 3 rings (SSSR count). The summed E-state index contributed by atoms with van der Waals surface area (Å²) in [6, 6.07) is 11.6. The molecule has 0 radical (unpaired) electrons. The molecule has 6 nitrogen and oxygen atoms in total. The van der Waals surface area contributed by atoms with E-state index in [1.807, 2.05) is 35.8 Å². The second-order valence-corrected chi connectivity index (χ2v) is 7.90. The van der Waals surface area contributed by atoms with E-state index in [1.54, 1.807) is 14.0 Å². The van der Waals surface area contributed by atoms with Gasteiger partial charge in [-0.05, 0) is 56.3 Å². The summed E-state index contributed by atoms with van der Waals surface area (Å²) in [6.07, 6.45) is 0. The summed E-state index contributed by atoms with van der Waals surface area (Å²) in [6.45, 7) is 4.35. The maximum absolute atomic E-state index is 13.9.